The van der Waals surface area contributed by atoms with Gasteiger partial charge in [-0.15, -0.1) is 5.10 Å². The van der Waals surface area contributed by atoms with Crippen molar-refractivity contribution in [3.8, 4) is 0 Å². The highest BCUT2D eigenvalue weighted by atomic mass is 32.2. The van der Waals surface area contributed by atoms with Crippen molar-refractivity contribution in [3.05, 3.63) is 59.4 Å². The number of aromatic nitrogens is 3. The van der Waals surface area contributed by atoms with Gasteiger partial charge in [0, 0.05) is 5.69 Å². The summed E-state index contributed by atoms with van der Waals surface area (Å²) in [6, 6.07) is 8.49. The normalized spacial score (nSPS) is 12.2. The summed E-state index contributed by atoms with van der Waals surface area (Å²) in [6.45, 7) is 2.93. The van der Waals surface area contributed by atoms with E-state index < -0.39 is 33.7 Å². The first-order valence-corrected chi connectivity index (χ1v) is 10.7. The molecule has 0 saturated carbocycles. The van der Waals surface area contributed by atoms with Crippen LogP contribution in [0.5, 0.6) is 0 Å². The molecule has 2 aromatic carbocycles. The molecule has 3 rings (SSSR count). The Morgan fingerprint density at radius 3 is 2.41 bits per heavy atom. The van der Waals surface area contributed by atoms with E-state index in [1.807, 2.05) is 4.72 Å². The van der Waals surface area contributed by atoms with Gasteiger partial charge < -0.3 is 16.8 Å². The van der Waals surface area contributed by atoms with Crippen LogP contribution in [0.4, 0.5) is 22.0 Å². The highest BCUT2D eigenvalue weighted by Crippen LogP contribution is 2.20. The standard InChI is InChI=1S/C19H20FN7O4S/c1-10-4-3-5-14(20)15(10)17(29)27-18(22)24-19(25-27)23-12-6-8-13(9-7-12)32(30,31)26-16(28)11(2)21/h3-9,11H,21H2,1-2H3,(H,26,28)(H3,22,23,24,25)/t11-/m1/s1. The minimum absolute atomic E-state index is 0.0642. The number of anilines is 3. The van der Waals surface area contributed by atoms with Crippen molar-refractivity contribution in [3.63, 3.8) is 0 Å². The van der Waals surface area contributed by atoms with Crippen LogP contribution in [0.2, 0.25) is 0 Å². The predicted octanol–water partition coefficient (Wildman–Crippen LogP) is 0.892. The first-order chi connectivity index (χ1) is 15.0. The number of halogens is 1. The number of nitrogens with two attached hydrogens (primary N) is 2. The van der Waals surface area contributed by atoms with E-state index >= 15 is 0 Å². The van der Waals surface area contributed by atoms with E-state index in [9.17, 15) is 22.4 Å². The number of carbonyl (C=O) groups excluding carboxylic acids is 2. The summed E-state index contributed by atoms with van der Waals surface area (Å²) in [7, 11) is -4.09. The number of nitrogens with one attached hydrogen (secondary N) is 2. The monoisotopic (exact) mass is 461 g/mol. The third-order valence-corrected chi connectivity index (χ3v) is 5.69. The van der Waals surface area contributed by atoms with Crippen molar-refractivity contribution < 1.29 is 22.4 Å². The minimum atomic E-state index is -4.09. The van der Waals surface area contributed by atoms with Crippen LogP contribution >= 0.6 is 0 Å². The zero-order valence-corrected chi connectivity index (χ0v) is 17.9. The molecule has 1 amide bonds. The number of amides is 1. The van der Waals surface area contributed by atoms with Gasteiger partial charge >= 0.3 is 0 Å². The molecule has 0 aliphatic carbocycles. The highest BCUT2D eigenvalue weighted by molar-refractivity contribution is 7.90. The SMILES string of the molecule is Cc1cccc(F)c1C(=O)n1nc(Nc2ccc(S(=O)(=O)NC(=O)[C@@H](C)N)cc2)nc1N. The number of rotatable bonds is 6. The molecule has 32 heavy (non-hydrogen) atoms. The van der Waals surface area contributed by atoms with Gasteiger partial charge in [-0.3, -0.25) is 9.59 Å². The van der Waals surface area contributed by atoms with Crippen LogP contribution in [0.25, 0.3) is 0 Å². The van der Waals surface area contributed by atoms with Crippen LogP contribution in [-0.4, -0.2) is 41.0 Å². The number of carbonyl (C=O) groups is 2. The molecule has 13 heteroatoms. The Bertz CT molecular complexity index is 1270. The Kier molecular flexibility index (Phi) is 6.23. The van der Waals surface area contributed by atoms with E-state index in [0.717, 1.165) is 10.7 Å². The zero-order chi connectivity index (χ0) is 23.6. The summed E-state index contributed by atoms with van der Waals surface area (Å²) in [6.07, 6.45) is 0. The first-order valence-electron chi connectivity index (χ1n) is 9.21. The van der Waals surface area contributed by atoms with Gasteiger partial charge in [0.05, 0.1) is 16.5 Å². The van der Waals surface area contributed by atoms with Crippen LogP contribution in [-0.2, 0) is 14.8 Å². The zero-order valence-electron chi connectivity index (χ0n) is 17.0. The number of hydrogen-bond donors (Lipinski definition) is 4. The quantitative estimate of drug-likeness (QED) is 0.415. The molecule has 1 heterocycles. The van der Waals surface area contributed by atoms with Crippen molar-refractivity contribution in [2.75, 3.05) is 11.1 Å². The second-order valence-electron chi connectivity index (χ2n) is 6.85. The fraction of sp³-hybridized carbons (Fsp3) is 0.158. The molecule has 0 aliphatic rings. The van der Waals surface area contributed by atoms with Crippen LogP contribution in [0.3, 0.4) is 0 Å². The molecule has 1 aromatic heterocycles. The third-order valence-electron chi connectivity index (χ3n) is 4.33. The maximum absolute atomic E-state index is 14.1. The van der Waals surface area contributed by atoms with E-state index in [-0.39, 0.29) is 22.4 Å². The molecule has 3 aromatic rings. The van der Waals surface area contributed by atoms with Gasteiger partial charge in [-0.25, -0.2) is 17.5 Å². The predicted molar refractivity (Wildman–Crippen MR) is 114 cm³/mol. The van der Waals surface area contributed by atoms with Crippen molar-refractivity contribution >= 4 is 39.4 Å². The number of aryl methyl sites for hydroxylation is 1. The molecule has 0 radical (unpaired) electrons. The van der Waals surface area contributed by atoms with E-state index in [0.29, 0.717) is 11.3 Å². The Hall–Kier alpha value is -3.84. The van der Waals surface area contributed by atoms with Crippen molar-refractivity contribution in [1.29, 1.82) is 0 Å². The summed E-state index contributed by atoms with van der Waals surface area (Å²) in [5.74, 6) is -2.67. The fourth-order valence-corrected chi connectivity index (χ4v) is 3.73. The van der Waals surface area contributed by atoms with Gasteiger partial charge in [0.25, 0.3) is 15.9 Å². The van der Waals surface area contributed by atoms with Gasteiger partial charge in [-0.2, -0.15) is 9.67 Å². The van der Waals surface area contributed by atoms with E-state index in [1.54, 1.807) is 13.0 Å². The number of benzene rings is 2. The van der Waals surface area contributed by atoms with Gasteiger partial charge in [-0.05, 0) is 49.7 Å². The Labute approximate surface area is 182 Å². The molecule has 0 spiro atoms. The molecule has 0 fully saturated rings. The Balaban J connectivity index is 1.79. The molecule has 6 N–H and O–H groups in total. The van der Waals surface area contributed by atoms with Crippen LogP contribution in [0, 0.1) is 12.7 Å². The number of nitrogen functional groups attached to an aromatic ring is 1. The second kappa shape index (κ2) is 8.72. The number of hydrogen-bond acceptors (Lipinski definition) is 9. The molecule has 0 aliphatic heterocycles. The molecule has 1 atom stereocenters. The maximum atomic E-state index is 14.1. The van der Waals surface area contributed by atoms with Crippen LogP contribution < -0.4 is 21.5 Å². The average Bonchev–Trinajstić information content (AvgIpc) is 3.07. The lowest BCUT2D eigenvalue weighted by Gasteiger charge is -2.09. The van der Waals surface area contributed by atoms with Crippen LogP contribution in [0.1, 0.15) is 22.8 Å². The lowest BCUT2D eigenvalue weighted by molar-refractivity contribution is -0.120. The summed E-state index contributed by atoms with van der Waals surface area (Å²) in [5.41, 5.74) is 11.7. The molecule has 0 saturated heterocycles. The summed E-state index contributed by atoms with van der Waals surface area (Å²) in [5, 5.41) is 6.72. The van der Waals surface area contributed by atoms with Gasteiger partial charge in [0.1, 0.15) is 5.82 Å². The lowest BCUT2D eigenvalue weighted by Crippen LogP contribution is -2.41. The third kappa shape index (κ3) is 4.73. The molecule has 11 nitrogen and oxygen atoms in total. The maximum Gasteiger partial charge on any atom is 0.284 e. The van der Waals surface area contributed by atoms with Gasteiger partial charge in [0.2, 0.25) is 17.8 Å². The smallest absolute Gasteiger partial charge is 0.284 e. The lowest BCUT2D eigenvalue weighted by atomic mass is 10.1. The molecular formula is C19H20FN7O4S. The minimum Gasteiger partial charge on any atom is -0.368 e. The van der Waals surface area contributed by atoms with Gasteiger partial charge in [0.15, 0.2) is 0 Å². The van der Waals surface area contributed by atoms with Crippen LogP contribution in [0.15, 0.2) is 47.4 Å². The largest absolute Gasteiger partial charge is 0.368 e. The van der Waals surface area contributed by atoms with Crippen molar-refractivity contribution in [2.24, 2.45) is 5.73 Å². The fourth-order valence-electron chi connectivity index (χ4n) is 2.67. The molecule has 0 bridgehead atoms. The number of nitrogens with zero attached hydrogens (tertiary/aromatic N) is 3. The molecule has 168 valence electrons. The van der Waals surface area contributed by atoms with Crippen molar-refractivity contribution in [1.82, 2.24) is 19.5 Å². The Morgan fingerprint density at radius 2 is 1.81 bits per heavy atom. The first kappa shape index (κ1) is 22.8. The molecule has 0 unspecified atom stereocenters. The topological polar surface area (TPSA) is 175 Å². The summed E-state index contributed by atoms with van der Waals surface area (Å²) in [4.78, 5) is 28.0. The van der Waals surface area contributed by atoms with Crippen molar-refractivity contribution in [2.45, 2.75) is 24.8 Å². The summed E-state index contributed by atoms with van der Waals surface area (Å²) >= 11 is 0. The summed E-state index contributed by atoms with van der Waals surface area (Å²) < 4.78 is 41.2. The Morgan fingerprint density at radius 1 is 1.16 bits per heavy atom. The van der Waals surface area contributed by atoms with E-state index in [4.69, 9.17) is 11.5 Å². The number of sulfonamides is 1. The average molecular weight is 461 g/mol. The van der Waals surface area contributed by atoms with E-state index in [2.05, 4.69) is 15.4 Å². The molecular weight excluding hydrogens is 441 g/mol. The van der Waals surface area contributed by atoms with E-state index in [1.165, 1.54) is 37.3 Å². The highest BCUT2D eigenvalue weighted by Gasteiger charge is 2.22. The van der Waals surface area contributed by atoms with Gasteiger partial charge in [-0.1, -0.05) is 12.1 Å². The second-order valence-corrected chi connectivity index (χ2v) is 8.53.